The molecule has 0 heterocycles. The number of carbonyl (C=O) groups is 2. The Bertz CT molecular complexity index is 1370. The van der Waals surface area contributed by atoms with Gasteiger partial charge in [-0.05, 0) is 60.0 Å². The highest BCUT2D eigenvalue weighted by Crippen LogP contribution is 2.37. The van der Waals surface area contributed by atoms with Crippen LogP contribution in [-0.4, -0.2) is 11.8 Å². The fraction of sp³-hybridized carbons (Fsp3) is 0.0667. The van der Waals surface area contributed by atoms with Crippen LogP contribution in [-0.2, 0) is 9.59 Å². The summed E-state index contributed by atoms with van der Waals surface area (Å²) in [5.74, 6) is -0.383. The molecule has 0 radical (unpaired) electrons. The van der Waals surface area contributed by atoms with Crippen LogP contribution in [0.2, 0.25) is 5.02 Å². The number of amides is 2. The molecule has 6 heteroatoms. The molecular weight excluding hydrogens is 488 g/mol. The maximum Gasteiger partial charge on any atom is 0.248 e. The second kappa shape index (κ2) is 12.2. The highest BCUT2D eigenvalue weighted by molar-refractivity contribution is 8.00. The van der Waals surface area contributed by atoms with Crippen LogP contribution >= 0.6 is 23.4 Å². The minimum absolute atomic E-state index is 0.156. The Morgan fingerprint density at radius 2 is 1.53 bits per heavy atom. The third-order valence-corrected chi connectivity index (χ3v) is 7.11. The number of rotatable bonds is 8. The molecule has 180 valence electrons. The molecule has 4 aromatic rings. The number of hydrogen-bond acceptors (Lipinski definition) is 3. The van der Waals surface area contributed by atoms with Crippen molar-refractivity contribution in [2.24, 2.45) is 0 Å². The second-order valence-electron chi connectivity index (χ2n) is 8.07. The SMILES string of the molecule is Cc1c(Cl)cccc1NC(=O)C(Sc1cccc(NC(=O)/C=C/c2ccccc2)c1)c1ccccc1. The molecule has 0 aliphatic carbocycles. The van der Waals surface area contributed by atoms with Crippen LogP contribution in [0, 0.1) is 6.92 Å². The van der Waals surface area contributed by atoms with Crippen LogP contribution in [0.5, 0.6) is 0 Å². The van der Waals surface area contributed by atoms with Crippen molar-refractivity contribution in [3.05, 3.63) is 131 Å². The molecule has 0 bridgehead atoms. The van der Waals surface area contributed by atoms with Gasteiger partial charge in [-0.2, -0.15) is 0 Å². The molecule has 36 heavy (non-hydrogen) atoms. The van der Waals surface area contributed by atoms with Gasteiger partial charge in [-0.3, -0.25) is 9.59 Å². The summed E-state index contributed by atoms with van der Waals surface area (Å²) in [5, 5.41) is 6.01. The summed E-state index contributed by atoms with van der Waals surface area (Å²) in [6.45, 7) is 1.88. The number of benzene rings is 4. The number of halogens is 1. The van der Waals surface area contributed by atoms with Crippen molar-refractivity contribution >= 4 is 52.6 Å². The Morgan fingerprint density at radius 3 is 2.28 bits per heavy atom. The number of nitrogens with one attached hydrogen (secondary N) is 2. The molecule has 2 amide bonds. The van der Waals surface area contributed by atoms with Crippen LogP contribution in [0.4, 0.5) is 11.4 Å². The molecule has 1 atom stereocenters. The van der Waals surface area contributed by atoms with E-state index in [0.29, 0.717) is 16.4 Å². The first-order valence-corrected chi connectivity index (χ1v) is 12.7. The summed E-state index contributed by atoms with van der Waals surface area (Å²) in [7, 11) is 0. The van der Waals surface area contributed by atoms with E-state index in [0.717, 1.165) is 21.6 Å². The lowest BCUT2D eigenvalue weighted by molar-refractivity contribution is -0.116. The van der Waals surface area contributed by atoms with E-state index in [9.17, 15) is 9.59 Å². The topological polar surface area (TPSA) is 58.2 Å². The lowest BCUT2D eigenvalue weighted by Gasteiger charge is -2.18. The van der Waals surface area contributed by atoms with Gasteiger partial charge < -0.3 is 10.6 Å². The number of anilines is 2. The van der Waals surface area contributed by atoms with E-state index in [1.807, 2.05) is 104 Å². The van der Waals surface area contributed by atoms with Crippen LogP contribution < -0.4 is 10.6 Å². The lowest BCUT2D eigenvalue weighted by atomic mass is 10.1. The Kier molecular flexibility index (Phi) is 8.61. The van der Waals surface area contributed by atoms with Crippen molar-refractivity contribution in [2.75, 3.05) is 10.6 Å². The Hall–Kier alpha value is -3.80. The molecule has 4 aromatic carbocycles. The quantitative estimate of drug-likeness (QED) is 0.187. The van der Waals surface area contributed by atoms with Gasteiger partial charge in [0, 0.05) is 27.4 Å². The molecule has 4 rings (SSSR count). The largest absolute Gasteiger partial charge is 0.325 e. The molecule has 0 spiro atoms. The predicted molar refractivity (Wildman–Crippen MR) is 150 cm³/mol. The van der Waals surface area contributed by atoms with Gasteiger partial charge >= 0.3 is 0 Å². The zero-order valence-corrected chi connectivity index (χ0v) is 21.2. The van der Waals surface area contributed by atoms with Gasteiger partial charge in [0.25, 0.3) is 0 Å². The molecule has 2 N–H and O–H groups in total. The van der Waals surface area contributed by atoms with E-state index >= 15 is 0 Å². The van der Waals surface area contributed by atoms with Gasteiger partial charge in [0.1, 0.15) is 5.25 Å². The summed E-state index contributed by atoms with van der Waals surface area (Å²) in [5.41, 5.74) is 3.97. The first-order chi connectivity index (χ1) is 17.5. The summed E-state index contributed by atoms with van der Waals surface area (Å²) in [4.78, 5) is 26.7. The van der Waals surface area contributed by atoms with Gasteiger partial charge in [0.15, 0.2) is 0 Å². The monoisotopic (exact) mass is 512 g/mol. The van der Waals surface area contributed by atoms with Gasteiger partial charge in [0.05, 0.1) is 0 Å². The number of hydrogen-bond donors (Lipinski definition) is 2. The first kappa shape index (κ1) is 25.3. The summed E-state index contributed by atoms with van der Waals surface area (Å²) in [6.07, 6.45) is 3.27. The van der Waals surface area contributed by atoms with Crippen LogP contribution in [0.25, 0.3) is 6.08 Å². The van der Waals surface area contributed by atoms with E-state index in [4.69, 9.17) is 11.6 Å². The van der Waals surface area contributed by atoms with Crippen molar-refractivity contribution < 1.29 is 9.59 Å². The van der Waals surface area contributed by atoms with Gasteiger partial charge in [-0.15, -0.1) is 11.8 Å². The molecule has 0 aliphatic rings. The van der Waals surface area contributed by atoms with Crippen molar-refractivity contribution in [3.8, 4) is 0 Å². The van der Waals surface area contributed by atoms with E-state index in [2.05, 4.69) is 10.6 Å². The highest BCUT2D eigenvalue weighted by atomic mass is 35.5. The fourth-order valence-corrected chi connectivity index (χ4v) is 4.80. The molecule has 4 nitrogen and oxygen atoms in total. The van der Waals surface area contributed by atoms with E-state index < -0.39 is 5.25 Å². The van der Waals surface area contributed by atoms with Crippen LogP contribution in [0.1, 0.15) is 21.9 Å². The molecule has 0 saturated carbocycles. The highest BCUT2D eigenvalue weighted by Gasteiger charge is 2.23. The molecule has 0 aliphatic heterocycles. The third kappa shape index (κ3) is 6.87. The first-order valence-electron chi connectivity index (χ1n) is 11.4. The predicted octanol–water partition coefficient (Wildman–Crippen LogP) is 7.77. The summed E-state index contributed by atoms with van der Waals surface area (Å²) >= 11 is 7.66. The summed E-state index contributed by atoms with van der Waals surface area (Å²) in [6, 6.07) is 32.2. The van der Waals surface area contributed by atoms with Crippen molar-refractivity contribution in [2.45, 2.75) is 17.1 Å². The number of carbonyl (C=O) groups excluding carboxylic acids is 2. The molecule has 0 fully saturated rings. The Balaban J connectivity index is 1.51. The number of thioether (sulfide) groups is 1. The Labute approximate surface area is 220 Å². The Morgan fingerprint density at radius 1 is 0.833 bits per heavy atom. The minimum Gasteiger partial charge on any atom is -0.325 e. The fourth-order valence-electron chi connectivity index (χ4n) is 3.55. The minimum atomic E-state index is -0.506. The van der Waals surface area contributed by atoms with E-state index in [1.165, 1.54) is 17.8 Å². The third-order valence-electron chi connectivity index (χ3n) is 5.45. The van der Waals surface area contributed by atoms with Gasteiger partial charge in [-0.1, -0.05) is 84.4 Å². The van der Waals surface area contributed by atoms with Crippen LogP contribution in [0.15, 0.2) is 114 Å². The van der Waals surface area contributed by atoms with E-state index in [1.54, 1.807) is 12.1 Å². The maximum atomic E-state index is 13.4. The van der Waals surface area contributed by atoms with Gasteiger partial charge in [-0.25, -0.2) is 0 Å². The molecule has 1 unspecified atom stereocenters. The van der Waals surface area contributed by atoms with E-state index in [-0.39, 0.29) is 11.8 Å². The molecule has 0 aromatic heterocycles. The maximum absolute atomic E-state index is 13.4. The summed E-state index contributed by atoms with van der Waals surface area (Å²) < 4.78 is 0. The van der Waals surface area contributed by atoms with Crippen molar-refractivity contribution in [1.29, 1.82) is 0 Å². The zero-order chi connectivity index (χ0) is 25.3. The van der Waals surface area contributed by atoms with Crippen molar-refractivity contribution in [1.82, 2.24) is 0 Å². The zero-order valence-electron chi connectivity index (χ0n) is 19.6. The second-order valence-corrected chi connectivity index (χ2v) is 9.66. The standard InChI is InChI=1S/C30H25ClN2O2S/c1-21-26(31)16-9-17-27(21)33-30(35)29(23-12-6-3-7-13-23)36-25-15-8-14-24(20-25)32-28(34)19-18-22-10-4-2-5-11-22/h2-20,29H,1H3,(H,32,34)(H,33,35)/b19-18+. The average molecular weight is 513 g/mol. The average Bonchev–Trinajstić information content (AvgIpc) is 2.90. The van der Waals surface area contributed by atoms with Crippen molar-refractivity contribution in [3.63, 3.8) is 0 Å². The van der Waals surface area contributed by atoms with Crippen LogP contribution in [0.3, 0.4) is 0 Å². The molecule has 0 saturated heterocycles. The normalized spacial score (nSPS) is 11.7. The smallest absolute Gasteiger partial charge is 0.248 e. The lowest BCUT2D eigenvalue weighted by Crippen LogP contribution is -2.19. The van der Waals surface area contributed by atoms with Gasteiger partial charge in [0.2, 0.25) is 11.8 Å². The molecular formula is C30H25ClN2O2S.